The highest BCUT2D eigenvalue weighted by Crippen LogP contribution is 2.62. The second-order valence-corrected chi connectivity index (χ2v) is 10.6. The van der Waals surface area contributed by atoms with Crippen LogP contribution in [0.25, 0.3) is 0 Å². The van der Waals surface area contributed by atoms with E-state index in [0.717, 1.165) is 18.0 Å². The normalized spacial score (nSPS) is 46.5. The van der Waals surface area contributed by atoms with Gasteiger partial charge in [-0.2, -0.15) is 0 Å². The molecule has 0 radical (unpaired) electrons. The summed E-state index contributed by atoms with van der Waals surface area (Å²) in [4.78, 5) is 25.1. The highest BCUT2D eigenvalue weighted by atomic mass is 16.7. The highest BCUT2D eigenvalue weighted by Gasteiger charge is 2.77. The zero-order valence-electron chi connectivity index (χ0n) is 17.1. The van der Waals surface area contributed by atoms with Crippen molar-refractivity contribution < 1.29 is 28.0 Å². The van der Waals surface area contributed by atoms with Crippen LogP contribution in [0.1, 0.15) is 44.8 Å². The summed E-state index contributed by atoms with van der Waals surface area (Å²) in [5, 5.41) is 0. The summed E-state index contributed by atoms with van der Waals surface area (Å²) in [6, 6.07) is 9.56. The van der Waals surface area contributed by atoms with Gasteiger partial charge in [0.05, 0.1) is 6.10 Å². The lowest BCUT2D eigenvalue weighted by Gasteiger charge is -2.61. The molecule has 3 saturated heterocycles. The third-order valence-electron chi connectivity index (χ3n) is 8.92. The third-order valence-corrected chi connectivity index (χ3v) is 8.92. The molecule has 6 fully saturated rings. The number of carbonyl (C=O) groups excluding carboxylic acids is 2. The number of ether oxygens (including phenoxy) is 1. The van der Waals surface area contributed by atoms with E-state index in [1.54, 1.807) is 0 Å². The van der Waals surface area contributed by atoms with Gasteiger partial charge in [-0.05, 0) is 42.1 Å². The average Bonchev–Trinajstić information content (AvgIpc) is 3.38. The van der Waals surface area contributed by atoms with Crippen molar-refractivity contribution in [2.24, 2.45) is 23.2 Å². The maximum atomic E-state index is 12.5. The number of benzene rings is 1. The molecule has 0 amide bonds. The summed E-state index contributed by atoms with van der Waals surface area (Å²) in [5.74, 6) is 1.44. The fraction of sp³-hybridized carbons (Fsp3) is 0.636. The van der Waals surface area contributed by atoms with E-state index in [0.29, 0.717) is 21.6 Å². The van der Waals surface area contributed by atoms with Crippen LogP contribution in [0.15, 0.2) is 30.3 Å². The Morgan fingerprint density at radius 2 is 1.76 bits per heavy atom. The van der Waals surface area contributed by atoms with Crippen LogP contribution < -0.4 is 0 Å². The van der Waals surface area contributed by atoms with Crippen LogP contribution >= 0.6 is 0 Å². The Labute approximate surface area is 171 Å². The number of fused-ring (bicyclic) bond motifs is 3. The van der Waals surface area contributed by atoms with Gasteiger partial charge in [0.15, 0.2) is 0 Å². The van der Waals surface area contributed by atoms with Crippen LogP contribution in [0.4, 0.5) is 0 Å². The van der Waals surface area contributed by atoms with Gasteiger partial charge in [-0.15, -0.1) is 0 Å². The molecule has 1 aromatic carbocycles. The Morgan fingerprint density at radius 3 is 2.38 bits per heavy atom. The van der Waals surface area contributed by atoms with E-state index in [1.165, 1.54) is 19.3 Å². The molecule has 2 bridgehead atoms. The van der Waals surface area contributed by atoms with Gasteiger partial charge in [-0.25, -0.2) is 0 Å². The van der Waals surface area contributed by atoms with Crippen LogP contribution in [-0.4, -0.2) is 48.7 Å². The third kappa shape index (κ3) is 2.31. The van der Waals surface area contributed by atoms with Crippen LogP contribution in [0, 0.1) is 23.2 Å². The van der Waals surface area contributed by atoms with Crippen molar-refractivity contribution in [3.8, 4) is 0 Å². The van der Waals surface area contributed by atoms with E-state index in [2.05, 4.69) is 13.8 Å². The number of rotatable bonds is 4. The standard InChI is InChI=1S/C22H28BNO5/c1-22(2)16-9-8-15(17(22)10-16)11-24-12-18(25)28-23(24,29-19(26)13-24)21-20(27-21)14-6-4-3-5-7-14/h3-7,15-17,20-21H,8-13H2,1-2H3/t15-,16-,17?,20?,21?,23?,24?/m1/s1. The molecule has 154 valence electrons. The summed E-state index contributed by atoms with van der Waals surface area (Å²) in [7, 11) is 0. The molecule has 0 spiro atoms. The fourth-order valence-corrected chi connectivity index (χ4v) is 7.25. The van der Waals surface area contributed by atoms with Crippen molar-refractivity contribution in [2.45, 2.75) is 45.2 Å². The van der Waals surface area contributed by atoms with Crippen LogP contribution in [0.5, 0.6) is 0 Å². The van der Waals surface area contributed by atoms with E-state index in [4.69, 9.17) is 14.0 Å². The minimum atomic E-state index is -2.17. The second-order valence-electron chi connectivity index (χ2n) is 10.6. The van der Waals surface area contributed by atoms with Gasteiger partial charge < -0.3 is 18.4 Å². The van der Waals surface area contributed by atoms with E-state index in [9.17, 15) is 9.59 Å². The summed E-state index contributed by atoms with van der Waals surface area (Å²) in [6.45, 7) is 3.81. The number of quaternary nitrogens is 1. The molecule has 3 aliphatic heterocycles. The molecule has 7 rings (SSSR count). The van der Waals surface area contributed by atoms with E-state index < -0.39 is 6.69 Å². The van der Waals surface area contributed by atoms with Crippen molar-refractivity contribution in [1.82, 2.24) is 0 Å². The lowest BCUT2D eigenvalue weighted by molar-refractivity contribution is -0.821. The first kappa shape index (κ1) is 18.0. The van der Waals surface area contributed by atoms with Crippen molar-refractivity contribution in [2.75, 3.05) is 19.6 Å². The zero-order valence-corrected chi connectivity index (χ0v) is 17.1. The average molecular weight is 397 g/mol. The minimum absolute atomic E-state index is 0.179. The first-order valence-corrected chi connectivity index (χ1v) is 11.0. The van der Waals surface area contributed by atoms with E-state index in [1.807, 2.05) is 30.3 Å². The molecule has 6 aliphatic rings. The van der Waals surface area contributed by atoms with Crippen molar-refractivity contribution in [3.05, 3.63) is 35.9 Å². The Morgan fingerprint density at radius 1 is 1.07 bits per heavy atom. The maximum absolute atomic E-state index is 12.5. The molecule has 0 aromatic heterocycles. The smallest absolute Gasteiger partial charge is 0.598 e. The van der Waals surface area contributed by atoms with Crippen LogP contribution in [-0.2, 0) is 23.6 Å². The van der Waals surface area contributed by atoms with Gasteiger partial charge in [-0.1, -0.05) is 44.2 Å². The van der Waals surface area contributed by atoms with Crippen molar-refractivity contribution in [1.29, 1.82) is 0 Å². The number of hydrogen-bond donors (Lipinski definition) is 0. The first-order valence-electron chi connectivity index (χ1n) is 11.0. The molecule has 1 aromatic rings. The summed E-state index contributed by atoms with van der Waals surface area (Å²) in [5.41, 5.74) is 1.40. The Kier molecular flexibility index (Phi) is 3.49. The van der Waals surface area contributed by atoms with Gasteiger partial charge in [0.25, 0.3) is 0 Å². The van der Waals surface area contributed by atoms with Crippen molar-refractivity contribution in [3.63, 3.8) is 0 Å². The van der Waals surface area contributed by atoms with Crippen LogP contribution in [0.2, 0.25) is 0 Å². The fourth-order valence-electron chi connectivity index (χ4n) is 7.25. The molecule has 29 heavy (non-hydrogen) atoms. The van der Waals surface area contributed by atoms with Crippen LogP contribution in [0.3, 0.4) is 0 Å². The van der Waals surface area contributed by atoms with Crippen molar-refractivity contribution >= 4 is 18.6 Å². The van der Waals surface area contributed by atoms with E-state index in [-0.39, 0.29) is 37.1 Å². The van der Waals surface area contributed by atoms with Gasteiger partial charge in [0.2, 0.25) is 0 Å². The lowest BCUT2D eigenvalue weighted by Crippen LogP contribution is -2.69. The number of nitrogens with zero attached hydrogens (tertiary/aromatic N) is 1. The Balaban J connectivity index is 1.33. The molecule has 3 saturated carbocycles. The topological polar surface area (TPSA) is 65.1 Å². The predicted octanol–water partition coefficient (Wildman–Crippen LogP) is 2.61. The summed E-state index contributed by atoms with van der Waals surface area (Å²) in [6.07, 6.45) is 3.50. The van der Waals surface area contributed by atoms with Gasteiger partial charge in [0.1, 0.15) is 19.1 Å². The maximum Gasteiger partial charge on any atom is 0.615 e. The predicted molar refractivity (Wildman–Crippen MR) is 105 cm³/mol. The van der Waals surface area contributed by atoms with E-state index >= 15 is 0 Å². The largest absolute Gasteiger partial charge is 0.615 e. The molecule has 7 heteroatoms. The molecular formula is C22H28BNO5. The molecule has 3 unspecified atom stereocenters. The Hall–Kier alpha value is -1.86. The van der Waals surface area contributed by atoms with Gasteiger partial charge >= 0.3 is 18.6 Å². The zero-order chi connectivity index (χ0) is 20.0. The molecule has 6 nitrogen and oxygen atoms in total. The number of epoxide rings is 1. The number of carbonyl (C=O) groups is 2. The highest BCUT2D eigenvalue weighted by molar-refractivity contribution is 6.68. The van der Waals surface area contributed by atoms with Gasteiger partial charge in [0, 0.05) is 12.5 Å². The molecule has 3 aliphatic carbocycles. The number of hydrogen-bond acceptors (Lipinski definition) is 5. The molecule has 0 N–H and O–H groups in total. The first-order chi connectivity index (χ1) is 13.8. The quantitative estimate of drug-likeness (QED) is 0.577. The molecule has 3 heterocycles. The second kappa shape index (κ2) is 5.64. The monoisotopic (exact) mass is 397 g/mol. The minimum Gasteiger partial charge on any atom is -0.598 e. The molecular weight excluding hydrogens is 369 g/mol. The summed E-state index contributed by atoms with van der Waals surface area (Å²) < 4.78 is 18.1. The molecule has 5 atom stereocenters. The lowest BCUT2D eigenvalue weighted by atomic mass is 9.45. The van der Waals surface area contributed by atoms with Gasteiger partial charge in [-0.3, -0.25) is 9.59 Å². The summed E-state index contributed by atoms with van der Waals surface area (Å²) >= 11 is 0. The Bertz CT molecular complexity index is 864. The SMILES string of the molecule is CC1(C)C2C[C@H]1CC[C@@H]2C[N+]12CC(=O)O[B-]1(C1OC1c1ccccc1)OC(=O)C2.